The fourth-order valence-corrected chi connectivity index (χ4v) is 0.625. The van der Waals surface area contributed by atoms with Crippen LogP contribution in [0.3, 0.4) is 0 Å². The zero-order chi connectivity index (χ0) is 7.56. The zero-order valence-electron chi connectivity index (χ0n) is 5.14. The molecule has 0 amide bonds. The van der Waals surface area contributed by atoms with Crippen molar-refractivity contribution in [2.75, 3.05) is 0 Å². The first-order chi connectivity index (χ1) is 4.70. The summed E-state index contributed by atoms with van der Waals surface area (Å²) in [5, 5.41) is 27.6. The van der Waals surface area contributed by atoms with E-state index in [1.54, 1.807) is 0 Å². The van der Waals surface area contributed by atoms with Crippen molar-refractivity contribution in [3.8, 4) is 0 Å². The molecule has 0 spiro atoms. The van der Waals surface area contributed by atoms with Crippen LogP contribution in [0, 0.1) is 5.21 Å². The monoisotopic (exact) mass is 139 g/mol. The Hall–Kier alpha value is -1.07. The van der Waals surface area contributed by atoms with Crippen molar-refractivity contribution in [3.63, 3.8) is 0 Å². The Morgan fingerprint density at radius 3 is 2.60 bits per heavy atom. The molecule has 52 valence electrons. The summed E-state index contributed by atoms with van der Waals surface area (Å²) in [5.41, 5.74) is 0.192. The van der Waals surface area contributed by atoms with E-state index in [1.807, 2.05) is 0 Å². The molecule has 0 aromatic carbocycles. The molecule has 0 radical (unpaired) electrons. The van der Waals surface area contributed by atoms with Gasteiger partial charge in [0, 0.05) is 11.5 Å². The molecule has 0 fully saturated rings. The summed E-state index contributed by atoms with van der Waals surface area (Å²) in [6.45, 7) is 0. The molecule has 0 atom stereocenters. The van der Waals surface area contributed by atoms with Crippen LogP contribution in [0.25, 0.3) is 0 Å². The number of hydrogen-bond donors (Lipinski definition) is 2. The normalized spacial score (nSPS) is 9.40. The molecule has 5 heteroatoms. The number of rotatable bonds is 1. The number of pyridine rings is 1. The second kappa shape index (κ2) is 2.68. The maximum Gasteiger partial charge on any atom is 0.494 e. The van der Waals surface area contributed by atoms with Crippen molar-refractivity contribution in [2.45, 2.75) is 0 Å². The van der Waals surface area contributed by atoms with Crippen LogP contribution < -0.4 is 10.2 Å². The van der Waals surface area contributed by atoms with Crippen molar-refractivity contribution in [1.29, 1.82) is 0 Å². The fraction of sp³-hybridized carbons (Fsp3) is 0. The third kappa shape index (κ3) is 1.46. The molecule has 1 aromatic heterocycles. The molecular formula is C5H6BNO3. The number of aromatic nitrogens is 1. The van der Waals surface area contributed by atoms with E-state index in [0.717, 1.165) is 6.20 Å². The van der Waals surface area contributed by atoms with Gasteiger partial charge in [0.2, 0.25) is 0 Å². The molecule has 0 aliphatic rings. The molecule has 0 saturated heterocycles. The summed E-state index contributed by atoms with van der Waals surface area (Å²) < 4.78 is 0.509. The second-order valence-electron chi connectivity index (χ2n) is 1.87. The van der Waals surface area contributed by atoms with Crippen LogP contribution in [0.1, 0.15) is 0 Å². The zero-order valence-corrected chi connectivity index (χ0v) is 5.14. The Kier molecular flexibility index (Phi) is 1.89. The first kappa shape index (κ1) is 7.05. The SMILES string of the molecule is [O-][n+]1cccc(B(O)O)c1. The lowest BCUT2D eigenvalue weighted by atomic mass is 9.82. The summed E-state index contributed by atoms with van der Waals surface area (Å²) in [4.78, 5) is 0. The molecule has 0 aliphatic carbocycles. The molecule has 4 nitrogen and oxygen atoms in total. The molecule has 10 heavy (non-hydrogen) atoms. The van der Waals surface area contributed by atoms with Gasteiger partial charge in [-0.15, -0.1) is 0 Å². The van der Waals surface area contributed by atoms with Crippen molar-refractivity contribution in [2.24, 2.45) is 0 Å². The quantitative estimate of drug-likeness (QED) is 0.268. The van der Waals surface area contributed by atoms with Gasteiger partial charge < -0.3 is 15.3 Å². The largest absolute Gasteiger partial charge is 0.619 e. The Balaban J connectivity index is 2.96. The first-order valence-electron chi connectivity index (χ1n) is 2.75. The summed E-state index contributed by atoms with van der Waals surface area (Å²) in [5.74, 6) is 0. The minimum Gasteiger partial charge on any atom is -0.619 e. The minimum absolute atomic E-state index is 0.192. The highest BCUT2D eigenvalue weighted by atomic mass is 16.5. The van der Waals surface area contributed by atoms with E-state index < -0.39 is 7.12 Å². The topological polar surface area (TPSA) is 67.4 Å². The fourth-order valence-electron chi connectivity index (χ4n) is 0.625. The van der Waals surface area contributed by atoms with Gasteiger partial charge in [-0.25, -0.2) is 0 Å². The van der Waals surface area contributed by atoms with E-state index in [1.165, 1.54) is 18.3 Å². The van der Waals surface area contributed by atoms with Gasteiger partial charge >= 0.3 is 7.12 Å². The predicted octanol–water partition coefficient (Wildman–Crippen LogP) is -2.00. The Morgan fingerprint density at radius 2 is 2.20 bits per heavy atom. The van der Waals surface area contributed by atoms with Crippen LogP contribution in [-0.4, -0.2) is 17.2 Å². The summed E-state index contributed by atoms with van der Waals surface area (Å²) in [7, 11) is -1.57. The van der Waals surface area contributed by atoms with Crippen molar-refractivity contribution < 1.29 is 14.8 Å². The van der Waals surface area contributed by atoms with Crippen LogP contribution in [-0.2, 0) is 0 Å². The Labute approximate surface area is 58.1 Å². The van der Waals surface area contributed by atoms with Crippen LogP contribution in [0.4, 0.5) is 0 Å². The maximum absolute atomic E-state index is 10.5. The lowest BCUT2D eigenvalue weighted by Gasteiger charge is -1.97. The van der Waals surface area contributed by atoms with E-state index in [0.29, 0.717) is 4.73 Å². The number of nitrogens with zero attached hydrogens (tertiary/aromatic N) is 1. The molecule has 1 rings (SSSR count). The van der Waals surface area contributed by atoms with E-state index in [-0.39, 0.29) is 5.46 Å². The van der Waals surface area contributed by atoms with Gasteiger partial charge in [-0.1, -0.05) is 6.07 Å². The molecule has 0 unspecified atom stereocenters. The lowest BCUT2D eigenvalue weighted by Crippen LogP contribution is -2.38. The number of hydrogen-bond acceptors (Lipinski definition) is 3. The van der Waals surface area contributed by atoms with Crippen LogP contribution in [0.5, 0.6) is 0 Å². The van der Waals surface area contributed by atoms with Gasteiger partial charge in [0.15, 0.2) is 12.4 Å². The van der Waals surface area contributed by atoms with Gasteiger partial charge in [-0.2, -0.15) is 4.73 Å². The van der Waals surface area contributed by atoms with Gasteiger partial charge in [0.25, 0.3) is 0 Å². The standard InChI is InChI=1S/C5H6BNO3/c8-6(9)5-2-1-3-7(10)4-5/h1-4,8-9H. The van der Waals surface area contributed by atoms with Gasteiger partial charge in [-0.3, -0.25) is 0 Å². The molecule has 1 heterocycles. The summed E-state index contributed by atoms with van der Waals surface area (Å²) in [6.07, 6.45) is 2.37. The van der Waals surface area contributed by atoms with Gasteiger partial charge in [0.05, 0.1) is 0 Å². The van der Waals surface area contributed by atoms with Crippen LogP contribution in [0.2, 0.25) is 0 Å². The molecule has 0 saturated carbocycles. The molecule has 0 aliphatic heterocycles. The highest BCUT2D eigenvalue weighted by molar-refractivity contribution is 6.58. The van der Waals surface area contributed by atoms with E-state index in [9.17, 15) is 5.21 Å². The summed E-state index contributed by atoms with van der Waals surface area (Å²) in [6, 6.07) is 2.90. The average molecular weight is 139 g/mol. The first-order valence-corrected chi connectivity index (χ1v) is 2.75. The van der Waals surface area contributed by atoms with E-state index in [2.05, 4.69) is 0 Å². The van der Waals surface area contributed by atoms with E-state index in [4.69, 9.17) is 10.0 Å². The average Bonchev–Trinajstić information content (AvgIpc) is 1.88. The highest BCUT2D eigenvalue weighted by Gasteiger charge is 2.12. The van der Waals surface area contributed by atoms with Crippen LogP contribution >= 0.6 is 0 Å². The third-order valence-electron chi connectivity index (χ3n) is 1.10. The Morgan fingerprint density at radius 1 is 1.50 bits per heavy atom. The lowest BCUT2D eigenvalue weighted by molar-refractivity contribution is -0.604. The third-order valence-corrected chi connectivity index (χ3v) is 1.10. The highest BCUT2D eigenvalue weighted by Crippen LogP contribution is 1.75. The van der Waals surface area contributed by atoms with Crippen molar-refractivity contribution in [1.82, 2.24) is 0 Å². The van der Waals surface area contributed by atoms with E-state index >= 15 is 0 Å². The predicted molar refractivity (Wildman–Crippen MR) is 35.2 cm³/mol. The van der Waals surface area contributed by atoms with Gasteiger partial charge in [-0.05, 0) is 0 Å². The van der Waals surface area contributed by atoms with Gasteiger partial charge in [0.1, 0.15) is 0 Å². The molecule has 2 N–H and O–H groups in total. The van der Waals surface area contributed by atoms with Crippen LogP contribution in [0.15, 0.2) is 24.5 Å². The smallest absolute Gasteiger partial charge is 0.494 e. The maximum atomic E-state index is 10.5. The molecule has 1 aromatic rings. The van der Waals surface area contributed by atoms with Crippen molar-refractivity contribution in [3.05, 3.63) is 29.7 Å². The Bertz CT molecular complexity index is 228. The molecular weight excluding hydrogens is 133 g/mol. The second-order valence-corrected chi connectivity index (χ2v) is 1.87. The summed E-state index contributed by atoms with van der Waals surface area (Å²) >= 11 is 0. The minimum atomic E-state index is -1.57. The molecule has 0 bridgehead atoms. The van der Waals surface area contributed by atoms with Crippen molar-refractivity contribution >= 4 is 12.6 Å².